The van der Waals surface area contributed by atoms with Crippen LogP contribution in [-0.2, 0) is 0 Å². The van der Waals surface area contributed by atoms with Crippen molar-refractivity contribution in [1.29, 1.82) is 0 Å². The Morgan fingerprint density at radius 3 is 2.33 bits per heavy atom. The van der Waals surface area contributed by atoms with Crippen LogP contribution >= 0.6 is 0 Å². The Morgan fingerprint density at radius 1 is 1.07 bits per heavy atom. The highest BCUT2D eigenvalue weighted by Gasteiger charge is 2.08. The van der Waals surface area contributed by atoms with Crippen LogP contribution in [0.5, 0.6) is 0 Å². The first-order chi connectivity index (χ1) is 7.24. The van der Waals surface area contributed by atoms with E-state index in [1.807, 2.05) is 0 Å². The molecule has 0 aliphatic heterocycles. The maximum atomic E-state index is 3.64. The molecule has 0 aromatic heterocycles. The summed E-state index contributed by atoms with van der Waals surface area (Å²) in [5, 5.41) is 3.64. The highest BCUT2D eigenvalue weighted by atomic mass is 15.1. The van der Waals surface area contributed by atoms with Crippen LogP contribution in [0.15, 0.2) is 0 Å². The maximum Gasteiger partial charge on any atom is 0.0194 e. The van der Waals surface area contributed by atoms with Gasteiger partial charge in [0.2, 0.25) is 0 Å². The van der Waals surface area contributed by atoms with Gasteiger partial charge in [-0.1, -0.05) is 33.6 Å². The normalized spacial score (nSPS) is 13.4. The molecule has 1 unspecified atom stereocenters. The fourth-order valence-corrected chi connectivity index (χ4v) is 1.85. The lowest BCUT2D eigenvalue weighted by Crippen LogP contribution is -2.40. The molecule has 2 nitrogen and oxygen atoms in total. The molecule has 2 heteroatoms. The lowest BCUT2D eigenvalue weighted by atomic mass is 10.1. The SMILES string of the molecule is CCCCN(C)CC(CCC)NCCC. The van der Waals surface area contributed by atoms with Gasteiger partial charge in [-0.15, -0.1) is 0 Å². The summed E-state index contributed by atoms with van der Waals surface area (Å²) in [6.45, 7) is 10.4. The molecule has 1 atom stereocenters. The largest absolute Gasteiger partial charge is 0.313 e. The monoisotopic (exact) mass is 214 g/mol. The Balaban J connectivity index is 3.70. The third-order valence-electron chi connectivity index (χ3n) is 2.75. The number of likely N-dealkylation sites (N-methyl/N-ethyl adjacent to an activating group) is 1. The molecule has 0 spiro atoms. The second-order valence-electron chi connectivity index (χ2n) is 4.56. The molecule has 1 N–H and O–H groups in total. The number of nitrogens with zero attached hydrogens (tertiary/aromatic N) is 1. The second-order valence-corrected chi connectivity index (χ2v) is 4.56. The summed E-state index contributed by atoms with van der Waals surface area (Å²) in [5.41, 5.74) is 0. The van der Waals surface area contributed by atoms with Crippen molar-refractivity contribution in [3.05, 3.63) is 0 Å². The average molecular weight is 214 g/mol. The number of hydrogen-bond acceptors (Lipinski definition) is 2. The highest BCUT2D eigenvalue weighted by Crippen LogP contribution is 2.01. The van der Waals surface area contributed by atoms with E-state index in [1.165, 1.54) is 45.2 Å². The lowest BCUT2D eigenvalue weighted by molar-refractivity contribution is 0.276. The second kappa shape index (κ2) is 10.4. The van der Waals surface area contributed by atoms with Crippen LogP contribution in [0.25, 0.3) is 0 Å². The number of nitrogens with one attached hydrogen (secondary N) is 1. The Hall–Kier alpha value is -0.0800. The molecule has 15 heavy (non-hydrogen) atoms. The predicted molar refractivity (Wildman–Crippen MR) is 69.4 cm³/mol. The van der Waals surface area contributed by atoms with E-state index in [1.54, 1.807) is 0 Å². The third kappa shape index (κ3) is 8.88. The van der Waals surface area contributed by atoms with E-state index in [2.05, 4.69) is 38.0 Å². The summed E-state index contributed by atoms with van der Waals surface area (Å²) >= 11 is 0. The molecule has 0 amide bonds. The van der Waals surface area contributed by atoms with Gasteiger partial charge in [0.05, 0.1) is 0 Å². The van der Waals surface area contributed by atoms with Gasteiger partial charge in [-0.05, 0) is 39.4 Å². The zero-order chi connectivity index (χ0) is 11.5. The van der Waals surface area contributed by atoms with E-state index in [0.717, 1.165) is 6.54 Å². The van der Waals surface area contributed by atoms with E-state index in [0.29, 0.717) is 6.04 Å². The maximum absolute atomic E-state index is 3.64. The average Bonchev–Trinajstić information content (AvgIpc) is 2.23. The van der Waals surface area contributed by atoms with Gasteiger partial charge in [-0.25, -0.2) is 0 Å². The zero-order valence-corrected chi connectivity index (χ0v) is 11.2. The van der Waals surface area contributed by atoms with E-state index in [9.17, 15) is 0 Å². The summed E-state index contributed by atoms with van der Waals surface area (Å²) in [6.07, 6.45) is 6.44. The standard InChI is InChI=1S/C13H30N2/c1-5-8-11-15(4)12-13(9-6-2)14-10-7-3/h13-14H,5-12H2,1-4H3. The van der Waals surface area contributed by atoms with Gasteiger partial charge in [0.15, 0.2) is 0 Å². The molecule has 0 aliphatic carbocycles. The van der Waals surface area contributed by atoms with Gasteiger partial charge < -0.3 is 10.2 Å². The first-order valence-corrected chi connectivity index (χ1v) is 6.66. The minimum absolute atomic E-state index is 0.691. The van der Waals surface area contributed by atoms with Crippen LogP contribution in [0, 0.1) is 0 Å². The zero-order valence-electron chi connectivity index (χ0n) is 11.2. The van der Waals surface area contributed by atoms with Gasteiger partial charge in [0, 0.05) is 12.6 Å². The molecule has 0 bridgehead atoms. The van der Waals surface area contributed by atoms with Crippen molar-refractivity contribution in [2.45, 2.75) is 58.9 Å². The summed E-state index contributed by atoms with van der Waals surface area (Å²) in [4.78, 5) is 2.46. The fourth-order valence-electron chi connectivity index (χ4n) is 1.85. The van der Waals surface area contributed by atoms with Crippen LogP contribution in [0.1, 0.15) is 52.9 Å². The molecule has 0 aliphatic rings. The molecule has 0 aromatic rings. The van der Waals surface area contributed by atoms with E-state index >= 15 is 0 Å². The van der Waals surface area contributed by atoms with Crippen molar-refractivity contribution in [3.63, 3.8) is 0 Å². The molecule has 0 heterocycles. The van der Waals surface area contributed by atoms with Gasteiger partial charge in [0.1, 0.15) is 0 Å². The predicted octanol–water partition coefficient (Wildman–Crippen LogP) is 2.89. The number of rotatable bonds is 10. The summed E-state index contributed by atoms with van der Waals surface area (Å²) in [5.74, 6) is 0. The van der Waals surface area contributed by atoms with Gasteiger partial charge in [0.25, 0.3) is 0 Å². The molecule has 0 saturated heterocycles. The van der Waals surface area contributed by atoms with Crippen molar-refractivity contribution in [1.82, 2.24) is 10.2 Å². The summed E-state index contributed by atoms with van der Waals surface area (Å²) in [7, 11) is 2.24. The highest BCUT2D eigenvalue weighted by molar-refractivity contribution is 4.69. The summed E-state index contributed by atoms with van der Waals surface area (Å²) in [6, 6.07) is 0.691. The van der Waals surface area contributed by atoms with Crippen LogP contribution in [-0.4, -0.2) is 37.6 Å². The van der Waals surface area contributed by atoms with Crippen LogP contribution < -0.4 is 5.32 Å². The van der Waals surface area contributed by atoms with Gasteiger partial charge >= 0.3 is 0 Å². The minimum atomic E-state index is 0.691. The Kier molecular flexibility index (Phi) is 10.4. The number of hydrogen-bond donors (Lipinski definition) is 1. The molecule has 0 saturated carbocycles. The van der Waals surface area contributed by atoms with Crippen molar-refractivity contribution in [2.24, 2.45) is 0 Å². The first-order valence-electron chi connectivity index (χ1n) is 6.66. The van der Waals surface area contributed by atoms with Crippen LogP contribution in [0.3, 0.4) is 0 Å². The quantitative estimate of drug-likeness (QED) is 0.601. The Bertz CT molecular complexity index is 126. The molecular weight excluding hydrogens is 184 g/mol. The molecule has 0 fully saturated rings. The number of unbranched alkanes of at least 4 members (excludes halogenated alkanes) is 1. The Labute approximate surface area is 96.4 Å². The van der Waals surface area contributed by atoms with Crippen molar-refractivity contribution in [2.75, 3.05) is 26.7 Å². The minimum Gasteiger partial charge on any atom is -0.313 e. The van der Waals surface area contributed by atoms with E-state index in [-0.39, 0.29) is 0 Å². The molecule has 92 valence electrons. The van der Waals surface area contributed by atoms with Gasteiger partial charge in [-0.3, -0.25) is 0 Å². The molecule has 0 rings (SSSR count). The molecule has 0 aromatic carbocycles. The third-order valence-corrected chi connectivity index (χ3v) is 2.75. The first kappa shape index (κ1) is 14.9. The Morgan fingerprint density at radius 2 is 1.80 bits per heavy atom. The molecular formula is C13H30N2. The van der Waals surface area contributed by atoms with Crippen molar-refractivity contribution >= 4 is 0 Å². The fraction of sp³-hybridized carbons (Fsp3) is 1.00. The topological polar surface area (TPSA) is 15.3 Å². The summed E-state index contributed by atoms with van der Waals surface area (Å²) < 4.78 is 0. The lowest BCUT2D eigenvalue weighted by Gasteiger charge is -2.24. The van der Waals surface area contributed by atoms with Crippen molar-refractivity contribution < 1.29 is 0 Å². The van der Waals surface area contributed by atoms with Crippen LogP contribution in [0.4, 0.5) is 0 Å². The van der Waals surface area contributed by atoms with Gasteiger partial charge in [-0.2, -0.15) is 0 Å². The van der Waals surface area contributed by atoms with E-state index < -0.39 is 0 Å². The van der Waals surface area contributed by atoms with Crippen LogP contribution in [0.2, 0.25) is 0 Å². The molecule has 0 radical (unpaired) electrons. The van der Waals surface area contributed by atoms with Crippen molar-refractivity contribution in [3.8, 4) is 0 Å². The van der Waals surface area contributed by atoms with E-state index in [4.69, 9.17) is 0 Å². The smallest absolute Gasteiger partial charge is 0.0194 e.